The van der Waals surface area contributed by atoms with Gasteiger partial charge in [0.2, 0.25) is 0 Å². The van der Waals surface area contributed by atoms with E-state index in [2.05, 4.69) is 20.3 Å². The van der Waals surface area contributed by atoms with Crippen LogP contribution in [0.15, 0.2) is 102 Å². The van der Waals surface area contributed by atoms with Crippen molar-refractivity contribution in [3.63, 3.8) is 0 Å². The maximum absolute atomic E-state index is 14.2. The van der Waals surface area contributed by atoms with Gasteiger partial charge >= 0.3 is 0 Å². The van der Waals surface area contributed by atoms with Crippen LogP contribution in [0.5, 0.6) is 5.75 Å². The van der Waals surface area contributed by atoms with E-state index < -0.39 is 0 Å². The second-order valence-corrected chi connectivity index (χ2v) is 8.65. The van der Waals surface area contributed by atoms with E-state index in [0.717, 1.165) is 16.7 Å². The van der Waals surface area contributed by atoms with E-state index in [1.807, 2.05) is 66.7 Å². The van der Waals surface area contributed by atoms with Crippen LogP contribution < -0.4 is 15.6 Å². The molecule has 39 heavy (non-hydrogen) atoms. The zero-order chi connectivity index (χ0) is 26.8. The summed E-state index contributed by atoms with van der Waals surface area (Å²) in [5.41, 5.74) is 4.53. The smallest absolute Gasteiger partial charge is 0.284 e. The number of hydrogen-bond donors (Lipinski definition) is 2. The minimum atomic E-state index is -0.333. The van der Waals surface area contributed by atoms with Crippen molar-refractivity contribution in [1.82, 2.24) is 24.6 Å². The average Bonchev–Trinajstić information content (AvgIpc) is 3.38. The van der Waals surface area contributed by atoms with Crippen molar-refractivity contribution in [3.05, 3.63) is 113 Å². The molecule has 3 aromatic heterocycles. The van der Waals surface area contributed by atoms with Crippen molar-refractivity contribution in [2.75, 3.05) is 12.4 Å². The highest BCUT2D eigenvalue weighted by molar-refractivity contribution is 5.92. The minimum Gasteiger partial charge on any atom is -0.497 e. The molecule has 6 aromatic rings. The number of benzene rings is 3. The van der Waals surface area contributed by atoms with E-state index in [9.17, 15) is 10.1 Å². The number of nitrogens with one attached hydrogen (secondary N) is 2. The minimum absolute atomic E-state index is 0.148. The van der Waals surface area contributed by atoms with E-state index in [-0.39, 0.29) is 11.3 Å². The summed E-state index contributed by atoms with van der Waals surface area (Å²) in [5.74, 6) is 1.36. The predicted molar refractivity (Wildman–Crippen MR) is 149 cm³/mol. The predicted octanol–water partition coefficient (Wildman–Crippen LogP) is 5.44. The molecule has 0 saturated carbocycles. The summed E-state index contributed by atoms with van der Waals surface area (Å²) >= 11 is 0. The zero-order valence-electron chi connectivity index (χ0n) is 20.8. The second kappa shape index (κ2) is 9.95. The van der Waals surface area contributed by atoms with Crippen LogP contribution >= 0.6 is 0 Å². The number of fused-ring (bicyclic) bond motifs is 1. The first kappa shape index (κ1) is 23.6. The molecule has 6 rings (SSSR count). The van der Waals surface area contributed by atoms with Crippen LogP contribution in [-0.4, -0.2) is 31.7 Å². The summed E-state index contributed by atoms with van der Waals surface area (Å²) in [4.78, 5) is 26.0. The van der Waals surface area contributed by atoms with Crippen molar-refractivity contribution in [2.45, 2.75) is 0 Å². The second-order valence-electron chi connectivity index (χ2n) is 8.65. The van der Waals surface area contributed by atoms with E-state index in [0.29, 0.717) is 39.9 Å². The van der Waals surface area contributed by atoms with Crippen LogP contribution in [0.1, 0.15) is 5.69 Å². The van der Waals surface area contributed by atoms with Gasteiger partial charge in [-0.3, -0.25) is 9.78 Å². The quantitative estimate of drug-likeness (QED) is 0.305. The normalized spacial score (nSPS) is 10.8. The van der Waals surface area contributed by atoms with Crippen molar-refractivity contribution in [2.24, 2.45) is 0 Å². The van der Waals surface area contributed by atoms with Gasteiger partial charge in [-0.2, -0.15) is 14.9 Å². The first-order chi connectivity index (χ1) is 19.2. The van der Waals surface area contributed by atoms with Crippen LogP contribution in [0, 0.1) is 11.3 Å². The molecular formula is C30H21N7O2. The summed E-state index contributed by atoms with van der Waals surface area (Å²) in [6.07, 6.45) is 2.86. The molecule has 0 radical (unpaired) electrons. The van der Waals surface area contributed by atoms with Crippen LogP contribution in [0.2, 0.25) is 0 Å². The van der Waals surface area contributed by atoms with Gasteiger partial charge in [-0.1, -0.05) is 72.8 Å². The fourth-order valence-corrected chi connectivity index (χ4v) is 4.48. The lowest BCUT2D eigenvalue weighted by atomic mass is 10.0. The van der Waals surface area contributed by atoms with Gasteiger partial charge in [0, 0.05) is 5.56 Å². The number of nitrogens with zero attached hydrogens (tertiary/aromatic N) is 5. The van der Waals surface area contributed by atoms with Gasteiger partial charge in [0.1, 0.15) is 29.0 Å². The Morgan fingerprint density at radius 2 is 1.54 bits per heavy atom. The Morgan fingerprint density at radius 3 is 2.21 bits per heavy atom. The molecule has 0 spiro atoms. The number of aromatic amines is 1. The standard InChI is InChI=1S/C30H21N7O2/c1-39-23-14-12-20(13-15-23)26-28(34-24-18-32-17-22(16-31)33-24)35-29-25(19-8-4-2-5-9-19)27(36-37(29)30(26)38)21-10-6-3-7-11-21/h2-15,17-18,35H,1H3,(H,33,34). The van der Waals surface area contributed by atoms with Gasteiger partial charge in [-0.15, -0.1) is 0 Å². The molecular weight excluding hydrogens is 490 g/mol. The van der Waals surface area contributed by atoms with Crippen LogP contribution in [0.3, 0.4) is 0 Å². The molecule has 0 unspecified atom stereocenters. The third-order valence-corrected chi connectivity index (χ3v) is 6.28. The molecule has 0 aliphatic carbocycles. The Balaban J connectivity index is 1.66. The molecule has 0 fully saturated rings. The number of anilines is 2. The van der Waals surface area contributed by atoms with Gasteiger partial charge < -0.3 is 15.0 Å². The van der Waals surface area contributed by atoms with E-state index in [1.165, 1.54) is 16.9 Å². The van der Waals surface area contributed by atoms with Crippen LogP contribution in [0.25, 0.3) is 39.2 Å². The lowest BCUT2D eigenvalue weighted by molar-refractivity contribution is 0.415. The molecule has 0 aliphatic heterocycles. The lowest BCUT2D eigenvalue weighted by Crippen LogP contribution is -2.20. The highest BCUT2D eigenvalue weighted by atomic mass is 16.5. The number of nitriles is 1. The number of rotatable bonds is 6. The van der Waals surface area contributed by atoms with Crippen molar-refractivity contribution in [1.29, 1.82) is 5.26 Å². The third-order valence-electron chi connectivity index (χ3n) is 6.28. The zero-order valence-corrected chi connectivity index (χ0v) is 20.8. The molecule has 9 nitrogen and oxygen atoms in total. The van der Waals surface area contributed by atoms with Gasteiger partial charge in [-0.05, 0) is 23.3 Å². The van der Waals surface area contributed by atoms with E-state index >= 15 is 0 Å². The van der Waals surface area contributed by atoms with Crippen LogP contribution in [0.4, 0.5) is 11.6 Å². The summed E-state index contributed by atoms with van der Waals surface area (Å²) in [6.45, 7) is 0. The van der Waals surface area contributed by atoms with E-state index in [1.54, 1.807) is 31.4 Å². The summed E-state index contributed by atoms with van der Waals surface area (Å²) < 4.78 is 6.70. The molecule has 0 amide bonds. The van der Waals surface area contributed by atoms with Gasteiger partial charge in [0.05, 0.1) is 30.6 Å². The average molecular weight is 512 g/mol. The Labute approximate surface area is 223 Å². The molecule has 3 aromatic carbocycles. The lowest BCUT2D eigenvalue weighted by Gasteiger charge is -2.13. The largest absolute Gasteiger partial charge is 0.497 e. The first-order valence-corrected chi connectivity index (χ1v) is 12.1. The molecule has 9 heteroatoms. The number of hydrogen-bond acceptors (Lipinski definition) is 7. The van der Waals surface area contributed by atoms with Crippen LogP contribution in [-0.2, 0) is 0 Å². The van der Waals surface area contributed by atoms with Crippen molar-refractivity contribution in [3.8, 4) is 45.3 Å². The van der Waals surface area contributed by atoms with Crippen molar-refractivity contribution >= 4 is 17.3 Å². The van der Waals surface area contributed by atoms with Gasteiger partial charge in [-0.25, -0.2) is 4.98 Å². The van der Waals surface area contributed by atoms with Gasteiger partial charge in [0.15, 0.2) is 11.5 Å². The monoisotopic (exact) mass is 511 g/mol. The fourth-order valence-electron chi connectivity index (χ4n) is 4.48. The molecule has 2 N–H and O–H groups in total. The molecule has 0 aliphatic rings. The van der Waals surface area contributed by atoms with E-state index in [4.69, 9.17) is 9.84 Å². The Morgan fingerprint density at radius 1 is 0.872 bits per heavy atom. The number of methoxy groups -OCH3 is 1. The first-order valence-electron chi connectivity index (χ1n) is 12.1. The Hall–Kier alpha value is -5.75. The highest BCUT2D eigenvalue weighted by Gasteiger charge is 2.23. The molecule has 188 valence electrons. The summed E-state index contributed by atoms with van der Waals surface area (Å²) in [7, 11) is 1.58. The highest BCUT2D eigenvalue weighted by Crippen LogP contribution is 2.36. The Kier molecular flexibility index (Phi) is 6.03. The summed E-state index contributed by atoms with van der Waals surface area (Å²) in [5, 5.41) is 17.3. The maximum atomic E-state index is 14.2. The number of aromatic nitrogens is 5. The SMILES string of the molecule is COc1ccc(-c2c(Nc3cncc(C#N)n3)[nH]c3c(-c4ccccc4)c(-c4ccccc4)nn3c2=O)cc1. The molecule has 0 atom stereocenters. The van der Waals surface area contributed by atoms with Gasteiger partial charge in [0.25, 0.3) is 5.56 Å². The number of ether oxygens (including phenoxy) is 1. The molecule has 0 saturated heterocycles. The number of H-pyrrole nitrogens is 1. The maximum Gasteiger partial charge on any atom is 0.284 e. The third kappa shape index (κ3) is 4.36. The summed E-state index contributed by atoms with van der Waals surface area (Å²) in [6, 6.07) is 28.7. The molecule has 3 heterocycles. The van der Waals surface area contributed by atoms with Crippen molar-refractivity contribution < 1.29 is 4.74 Å². The topological polar surface area (TPSA) is 121 Å². The Bertz CT molecular complexity index is 1890. The fraction of sp³-hybridized carbons (Fsp3) is 0.0333. The molecule has 0 bridgehead atoms.